The Morgan fingerprint density at radius 3 is 3.00 bits per heavy atom. The van der Waals surface area contributed by atoms with Crippen LogP contribution < -0.4 is 0 Å². The highest BCUT2D eigenvalue weighted by Gasteiger charge is 2.28. The molecule has 1 aliphatic rings. The zero-order valence-corrected chi connectivity index (χ0v) is 13.6. The van der Waals surface area contributed by atoms with Gasteiger partial charge < -0.3 is 9.47 Å². The Hall–Kier alpha value is -0.920. The third kappa shape index (κ3) is 3.21. The first-order valence-electron chi connectivity index (χ1n) is 6.70. The first kappa shape index (κ1) is 15.5. The summed E-state index contributed by atoms with van der Waals surface area (Å²) in [6.07, 6.45) is -0.494. The minimum absolute atomic E-state index is 0.311. The lowest BCUT2D eigenvalue weighted by Gasteiger charge is -2.31. The highest BCUT2D eigenvalue weighted by Crippen LogP contribution is 2.23. The van der Waals surface area contributed by atoms with E-state index in [9.17, 15) is 4.79 Å². The molecule has 2 heterocycles. The maximum atomic E-state index is 11.6. The van der Waals surface area contributed by atoms with Gasteiger partial charge in [-0.15, -0.1) is 0 Å². The van der Waals surface area contributed by atoms with Gasteiger partial charge in [0.05, 0.1) is 29.6 Å². The van der Waals surface area contributed by atoms with Crippen molar-refractivity contribution >= 4 is 21.9 Å². The van der Waals surface area contributed by atoms with E-state index in [1.54, 1.807) is 0 Å². The van der Waals surface area contributed by atoms with Gasteiger partial charge in [-0.25, -0.2) is 4.79 Å². The van der Waals surface area contributed by atoms with Crippen molar-refractivity contribution in [2.24, 2.45) is 0 Å². The molecule has 0 amide bonds. The normalized spacial score (nSPS) is 20.1. The van der Waals surface area contributed by atoms with E-state index in [1.807, 2.05) is 11.6 Å². The SMILES string of the molecule is CCn1nc(C)c(Br)c1CN1CCOC(C(=O)OC)C1. The molecule has 0 aromatic carbocycles. The lowest BCUT2D eigenvalue weighted by atomic mass is 10.2. The summed E-state index contributed by atoms with van der Waals surface area (Å²) in [5.74, 6) is -0.311. The Kier molecular flexibility index (Phi) is 5.17. The van der Waals surface area contributed by atoms with Crippen LogP contribution in [-0.2, 0) is 27.4 Å². The number of hydrogen-bond donors (Lipinski definition) is 0. The summed E-state index contributed by atoms with van der Waals surface area (Å²) >= 11 is 3.59. The maximum absolute atomic E-state index is 11.6. The van der Waals surface area contributed by atoms with Crippen LogP contribution in [-0.4, -0.2) is 53.6 Å². The van der Waals surface area contributed by atoms with E-state index in [2.05, 4.69) is 32.9 Å². The number of methoxy groups -OCH3 is 1. The predicted molar refractivity (Wildman–Crippen MR) is 77.4 cm³/mol. The van der Waals surface area contributed by atoms with Crippen LogP contribution in [0.4, 0.5) is 0 Å². The van der Waals surface area contributed by atoms with Gasteiger partial charge in [-0.3, -0.25) is 9.58 Å². The van der Waals surface area contributed by atoms with E-state index in [0.29, 0.717) is 13.2 Å². The van der Waals surface area contributed by atoms with Crippen molar-refractivity contribution < 1.29 is 14.3 Å². The van der Waals surface area contributed by atoms with Crippen molar-refractivity contribution in [3.8, 4) is 0 Å². The summed E-state index contributed by atoms with van der Waals surface area (Å²) in [6.45, 7) is 7.51. The topological polar surface area (TPSA) is 56.6 Å². The van der Waals surface area contributed by atoms with Gasteiger partial charge in [0, 0.05) is 26.2 Å². The minimum Gasteiger partial charge on any atom is -0.467 e. The number of nitrogens with zero attached hydrogens (tertiary/aromatic N) is 3. The molecule has 0 radical (unpaired) electrons. The molecule has 1 atom stereocenters. The van der Waals surface area contributed by atoms with E-state index in [4.69, 9.17) is 9.47 Å². The van der Waals surface area contributed by atoms with E-state index in [1.165, 1.54) is 7.11 Å². The summed E-state index contributed by atoms with van der Waals surface area (Å²) in [7, 11) is 1.39. The number of aromatic nitrogens is 2. The Morgan fingerprint density at radius 2 is 2.35 bits per heavy atom. The van der Waals surface area contributed by atoms with Gasteiger partial charge in [-0.05, 0) is 29.8 Å². The number of halogens is 1. The molecule has 6 nitrogen and oxygen atoms in total. The number of hydrogen-bond acceptors (Lipinski definition) is 5. The lowest BCUT2D eigenvalue weighted by Crippen LogP contribution is -2.46. The molecule has 1 fully saturated rings. The summed E-state index contributed by atoms with van der Waals surface area (Å²) < 4.78 is 13.2. The molecule has 0 aliphatic carbocycles. The van der Waals surface area contributed by atoms with Crippen LogP contribution in [0.1, 0.15) is 18.3 Å². The first-order valence-corrected chi connectivity index (χ1v) is 7.49. The number of aryl methyl sites for hydroxylation is 2. The van der Waals surface area contributed by atoms with Crippen molar-refractivity contribution in [3.63, 3.8) is 0 Å². The molecule has 0 bridgehead atoms. The number of carbonyl (C=O) groups is 1. The fourth-order valence-corrected chi connectivity index (χ4v) is 2.76. The molecule has 20 heavy (non-hydrogen) atoms. The summed E-state index contributed by atoms with van der Waals surface area (Å²) in [5, 5.41) is 4.48. The lowest BCUT2D eigenvalue weighted by molar-refractivity contribution is -0.160. The Labute approximate surface area is 127 Å². The fraction of sp³-hybridized carbons (Fsp3) is 0.692. The molecule has 1 aromatic rings. The third-order valence-corrected chi connectivity index (χ3v) is 4.47. The van der Waals surface area contributed by atoms with Gasteiger partial charge in [0.15, 0.2) is 6.10 Å². The number of rotatable bonds is 4. The standard InChI is InChI=1S/C13H20BrN3O3/c1-4-17-10(12(14)9(2)15-17)7-16-5-6-20-11(8-16)13(18)19-3/h11H,4-8H2,1-3H3. The molecule has 1 unspecified atom stereocenters. The molecule has 0 N–H and O–H groups in total. The van der Waals surface area contributed by atoms with Crippen LogP contribution in [0.3, 0.4) is 0 Å². The largest absolute Gasteiger partial charge is 0.467 e. The van der Waals surface area contributed by atoms with E-state index in [-0.39, 0.29) is 5.97 Å². The average molecular weight is 346 g/mol. The summed E-state index contributed by atoms with van der Waals surface area (Å²) in [5.41, 5.74) is 2.12. The zero-order valence-electron chi connectivity index (χ0n) is 12.1. The van der Waals surface area contributed by atoms with Crippen molar-refractivity contribution in [1.82, 2.24) is 14.7 Å². The number of esters is 1. The second kappa shape index (κ2) is 6.69. The molecule has 1 aliphatic heterocycles. The van der Waals surface area contributed by atoms with Crippen LogP contribution in [0.25, 0.3) is 0 Å². The maximum Gasteiger partial charge on any atom is 0.336 e. The van der Waals surface area contributed by atoms with Gasteiger partial charge in [-0.1, -0.05) is 0 Å². The van der Waals surface area contributed by atoms with Crippen molar-refractivity contribution in [2.75, 3.05) is 26.8 Å². The number of ether oxygens (including phenoxy) is 2. The van der Waals surface area contributed by atoms with Crippen LogP contribution >= 0.6 is 15.9 Å². The van der Waals surface area contributed by atoms with E-state index in [0.717, 1.165) is 35.5 Å². The smallest absolute Gasteiger partial charge is 0.336 e. The highest BCUT2D eigenvalue weighted by atomic mass is 79.9. The molecular formula is C13H20BrN3O3. The second-order valence-corrected chi connectivity index (χ2v) is 5.57. The Morgan fingerprint density at radius 1 is 1.60 bits per heavy atom. The molecule has 0 spiro atoms. The second-order valence-electron chi connectivity index (χ2n) is 4.78. The Balaban J connectivity index is 2.08. The van der Waals surface area contributed by atoms with Gasteiger partial charge in [0.25, 0.3) is 0 Å². The monoisotopic (exact) mass is 345 g/mol. The van der Waals surface area contributed by atoms with Crippen molar-refractivity contribution in [1.29, 1.82) is 0 Å². The average Bonchev–Trinajstić information content (AvgIpc) is 2.74. The number of carbonyl (C=O) groups excluding carboxylic acids is 1. The van der Waals surface area contributed by atoms with Crippen LogP contribution in [0.5, 0.6) is 0 Å². The van der Waals surface area contributed by atoms with Gasteiger partial charge in [0.1, 0.15) is 0 Å². The highest BCUT2D eigenvalue weighted by molar-refractivity contribution is 9.10. The molecule has 0 saturated carbocycles. The zero-order chi connectivity index (χ0) is 14.7. The van der Waals surface area contributed by atoms with Gasteiger partial charge in [-0.2, -0.15) is 5.10 Å². The Bertz CT molecular complexity index is 489. The minimum atomic E-state index is -0.494. The third-order valence-electron chi connectivity index (χ3n) is 3.44. The summed E-state index contributed by atoms with van der Waals surface area (Å²) in [6, 6.07) is 0. The molecule has 112 valence electrons. The quantitative estimate of drug-likeness (QED) is 0.771. The van der Waals surface area contributed by atoms with Crippen molar-refractivity contribution in [3.05, 3.63) is 15.9 Å². The molecule has 7 heteroatoms. The van der Waals surface area contributed by atoms with E-state index < -0.39 is 6.10 Å². The number of morpholine rings is 1. The fourth-order valence-electron chi connectivity index (χ4n) is 2.35. The molecule has 2 rings (SSSR count). The molecule has 1 saturated heterocycles. The van der Waals surface area contributed by atoms with Gasteiger partial charge in [0.2, 0.25) is 0 Å². The summed E-state index contributed by atoms with van der Waals surface area (Å²) in [4.78, 5) is 13.8. The first-order chi connectivity index (χ1) is 9.56. The predicted octanol–water partition coefficient (Wildman–Crippen LogP) is 1.35. The molecular weight excluding hydrogens is 326 g/mol. The van der Waals surface area contributed by atoms with Gasteiger partial charge >= 0.3 is 5.97 Å². The van der Waals surface area contributed by atoms with E-state index >= 15 is 0 Å². The van der Waals surface area contributed by atoms with Crippen molar-refractivity contribution in [2.45, 2.75) is 33.0 Å². The van der Waals surface area contributed by atoms with Crippen LogP contribution in [0.2, 0.25) is 0 Å². The van der Waals surface area contributed by atoms with Crippen LogP contribution in [0, 0.1) is 6.92 Å². The van der Waals surface area contributed by atoms with Crippen LogP contribution in [0.15, 0.2) is 4.47 Å². The molecule has 1 aromatic heterocycles.